The molecule has 4 nitrogen and oxygen atoms in total. The van der Waals surface area contributed by atoms with E-state index >= 15 is 0 Å². The molecule has 0 aromatic heterocycles. The lowest BCUT2D eigenvalue weighted by molar-refractivity contribution is -0.0470. The van der Waals surface area contributed by atoms with Crippen LogP contribution in [0.2, 0.25) is 0 Å². The first kappa shape index (κ1) is 14.2. The Hall–Kier alpha value is 0.130. The zero-order valence-corrected chi connectivity index (χ0v) is 11.1. The topological polar surface area (TPSA) is 41.7 Å². The number of hydrogen-bond donors (Lipinski definition) is 1. The van der Waals surface area contributed by atoms with Gasteiger partial charge >= 0.3 is 0 Å². The van der Waals surface area contributed by atoms with Crippen LogP contribution in [-0.2, 0) is 4.74 Å². The fourth-order valence-electron chi connectivity index (χ4n) is 2.53. The minimum absolute atomic E-state index is 0. The molecule has 0 aliphatic carbocycles. The minimum Gasteiger partial charge on any atom is -0.378 e. The molecule has 0 aromatic rings. The van der Waals surface area contributed by atoms with E-state index in [1.165, 1.54) is 6.54 Å². The van der Waals surface area contributed by atoms with Crippen LogP contribution in [0.1, 0.15) is 13.8 Å². The summed E-state index contributed by atoms with van der Waals surface area (Å²) in [7, 11) is 0. The van der Waals surface area contributed by atoms with Crippen molar-refractivity contribution >= 4 is 12.4 Å². The lowest BCUT2D eigenvalue weighted by Gasteiger charge is -2.45. The predicted molar refractivity (Wildman–Crippen MR) is 68.1 cm³/mol. The van der Waals surface area contributed by atoms with E-state index in [2.05, 4.69) is 23.6 Å². The van der Waals surface area contributed by atoms with Gasteiger partial charge in [0.05, 0.1) is 13.2 Å². The summed E-state index contributed by atoms with van der Waals surface area (Å²) in [5.41, 5.74) is 5.96. The van der Waals surface area contributed by atoms with E-state index in [1.54, 1.807) is 0 Å². The summed E-state index contributed by atoms with van der Waals surface area (Å²) in [6.07, 6.45) is 0. The molecule has 2 aliphatic heterocycles. The average molecular weight is 250 g/mol. The Balaban J connectivity index is 0.00000128. The molecule has 0 amide bonds. The highest BCUT2D eigenvalue weighted by atomic mass is 35.5. The summed E-state index contributed by atoms with van der Waals surface area (Å²) < 4.78 is 5.52. The van der Waals surface area contributed by atoms with Gasteiger partial charge in [0.15, 0.2) is 0 Å². The summed E-state index contributed by atoms with van der Waals surface area (Å²) in [6.45, 7) is 11.5. The van der Waals surface area contributed by atoms with Gasteiger partial charge in [-0.15, -0.1) is 12.4 Å². The number of fused-ring (bicyclic) bond motifs is 1. The average Bonchev–Trinajstić information content (AvgIpc) is 2.15. The molecular formula is C11H24ClN3O. The Morgan fingerprint density at radius 3 is 2.75 bits per heavy atom. The number of nitrogens with two attached hydrogens (primary N) is 1. The lowest BCUT2D eigenvalue weighted by atomic mass is 10.0. The van der Waals surface area contributed by atoms with Crippen LogP contribution in [0.4, 0.5) is 0 Å². The normalized spacial score (nSPS) is 28.3. The van der Waals surface area contributed by atoms with Gasteiger partial charge < -0.3 is 10.5 Å². The standard InChI is InChI=1S/C11H23N3O.ClH/c1-11(2,12)9-13-3-4-14-5-6-15-8-10(14)7-13;/h10H,3-9,12H2,1-2H3;1H. The van der Waals surface area contributed by atoms with Crippen molar-refractivity contribution in [2.75, 3.05) is 45.9 Å². The molecule has 0 aromatic carbocycles. The van der Waals surface area contributed by atoms with Crippen molar-refractivity contribution in [3.63, 3.8) is 0 Å². The van der Waals surface area contributed by atoms with Gasteiger partial charge in [-0.25, -0.2) is 0 Å². The Bertz CT molecular complexity index is 220. The first-order valence-electron chi connectivity index (χ1n) is 5.88. The Kier molecular flexibility index (Phi) is 5.01. The van der Waals surface area contributed by atoms with Crippen LogP contribution in [0.15, 0.2) is 0 Å². The molecular weight excluding hydrogens is 226 g/mol. The van der Waals surface area contributed by atoms with Gasteiger partial charge in [-0.05, 0) is 13.8 Å². The zero-order valence-electron chi connectivity index (χ0n) is 10.3. The van der Waals surface area contributed by atoms with Crippen LogP contribution in [0.25, 0.3) is 0 Å². The van der Waals surface area contributed by atoms with Crippen LogP contribution in [0.3, 0.4) is 0 Å². The van der Waals surface area contributed by atoms with Crippen molar-refractivity contribution in [2.24, 2.45) is 5.73 Å². The third-order valence-corrected chi connectivity index (χ3v) is 3.15. The van der Waals surface area contributed by atoms with Crippen molar-refractivity contribution in [1.29, 1.82) is 0 Å². The van der Waals surface area contributed by atoms with Crippen LogP contribution in [0.5, 0.6) is 0 Å². The first-order valence-corrected chi connectivity index (χ1v) is 5.88. The van der Waals surface area contributed by atoms with Gasteiger partial charge in [0.2, 0.25) is 0 Å². The van der Waals surface area contributed by atoms with Gasteiger partial charge in [0, 0.05) is 44.3 Å². The number of hydrogen-bond acceptors (Lipinski definition) is 4. The van der Waals surface area contributed by atoms with Gasteiger partial charge in [-0.2, -0.15) is 0 Å². The number of nitrogens with zero attached hydrogens (tertiary/aromatic N) is 2. The largest absolute Gasteiger partial charge is 0.378 e. The highest BCUT2D eigenvalue weighted by Gasteiger charge is 2.30. The molecule has 0 radical (unpaired) electrons. The second-order valence-corrected chi connectivity index (χ2v) is 5.49. The molecule has 0 saturated carbocycles. The molecule has 96 valence electrons. The van der Waals surface area contributed by atoms with Gasteiger partial charge in [0.25, 0.3) is 0 Å². The van der Waals surface area contributed by atoms with Crippen molar-refractivity contribution in [2.45, 2.75) is 25.4 Å². The molecule has 2 N–H and O–H groups in total. The van der Waals surface area contributed by atoms with Crippen molar-refractivity contribution in [3.8, 4) is 0 Å². The molecule has 0 spiro atoms. The number of piperazine rings is 1. The number of morpholine rings is 1. The molecule has 2 saturated heterocycles. The van der Waals surface area contributed by atoms with E-state index in [1.807, 2.05) is 0 Å². The minimum atomic E-state index is -0.0856. The van der Waals surface area contributed by atoms with Crippen LogP contribution >= 0.6 is 12.4 Å². The maximum atomic E-state index is 6.05. The van der Waals surface area contributed by atoms with E-state index < -0.39 is 0 Å². The zero-order chi connectivity index (χ0) is 10.9. The summed E-state index contributed by atoms with van der Waals surface area (Å²) in [4.78, 5) is 5.01. The molecule has 0 bridgehead atoms. The van der Waals surface area contributed by atoms with E-state index in [4.69, 9.17) is 10.5 Å². The maximum absolute atomic E-state index is 6.05. The monoisotopic (exact) mass is 249 g/mol. The van der Waals surface area contributed by atoms with E-state index in [-0.39, 0.29) is 17.9 Å². The summed E-state index contributed by atoms with van der Waals surface area (Å²) >= 11 is 0. The lowest BCUT2D eigenvalue weighted by Crippen LogP contribution is -2.60. The van der Waals surface area contributed by atoms with Crippen LogP contribution in [-0.4, -0.2) is 67.3 Å². The van der Waals surface area contributed by atoms with Crippen molar-refractivity contribution in [1.82, 2.24) is 9.80 Å². The summed E-state index contributed by atoms with van der Waals surface area (Å²) in [5, 5.41) is 0. The summed E-state index contributed by atoms with van der Waals surface area (Å²) in [5.74, 6) is 0. The fourth-order valence-corrected chi connectivity index (χ4v) is 2.53. The third kappa shape index (κ3) is 3.86. The molecule has 2 rings (SSSR count). The van der Waals surface area contributed by atoms with Gasteiger partial charge in [0.1, 0.15) is 0 Å². The Morgan fingerprint density at radius 1 is 1.31 bits per heavy atom. The van der Waals surface area contributed by atoms with E-state index in [9.17, 15) is 0 Å². The van der Waals surface area contributed by atoms with Crippen molar-refractivity contribution in [3.05, 3.63) is 0 Å². The van der Waals surface area contributed by atoms with Crippen LogP contribution < -0.4 is 5.73 Å². The molecule has 1 unspecified atom stereocenters. The Labute approximate surface area is 105 Å². The predicted octanol–water partition coefficient (Wildman–Crippen LogP) is 0.162. The number of ether oxygens (including phenoxy) is 1. The SMILES string of the molecule is CC(C)(N)CN1CCN2CCOCC2C1.Cl. The first-order chi connectivity index (χ1) is 7.04. The quantitative estimate of drug-likeness (QED) is 0.757. The van der Waals surface area contributed by atoms with Gasteiger partial charge in [-0.1, -0.05) is 0 Å². The Morgan fingerprint density at radius 2 is 2.06 bits per heavy atom. The second-order valence-electron chi connectivity index (χ2n) is 5.49. The van der Waals surface area contributed by atoms with Crippen LogP contribution in [0, 0.1) is 0 Å². The molecule has 2 fully saturated rings. The molecule has 5 heteroatoms. The smallest absolute Gasteiger partial charge is 0.0634 e. The van der Waals surface area contributed by atoms with E-state index in [0.29, 0.717) is 6.04 Å². The highest BCUT2D eigenvalue weighted by Crippen LogP contribution is 2.15. The number of rotatable bonds is 2. The molecule has 1 atom stereocenters. The summed E-state index contributed by atoms with van der Waals surface area (Å²) in [6, 6.07) is 0.592. The number of halogens is 1. The fraction of sp³-hybridized carbons (Fsp3) is 1.00. The third-order valence-electron chi connectivity index (χ3n) is 3.15. The maximum Gasteiger partial charge on any atom is 0.0634 e. The highest BCUT2D eigenvalue weighted by molar-refractivity contribution is 5.85. The second kappa shape index (κ2) is 5.65. The van der Waals surface area contributed by atoms with Gasteiger partial charge in [-0.3, -0.25) is 9.80 Å². The van der Waals surface area contributed by atoms with E-state index in [0.717, 1.165) is 39.4 Å². The van der Waals surface area contributed by atoms with Crippen molar-refractivity contribution < 1.29 is 4.74 Å². The molecule has 16 heavy (non-hydrogen) atoms. The molecule has 2 heterocycles. The molecule has 2 aliphatic rings.